The molecule has 0 aliphatic carbocycles. The number of fused-ring (bicyclic) bond motifs is 1. The van der Waals surface area contributed by atoms with Crippen molar-refractivity contribution in [3.8, 4) is 0 Å². The quantitative estimate of drug-likeness (QED) is 0.486. The van der Waals surface area contributed by atoms with Crippen LogP contribution in [0.15, 0.2) is 54.9 Å². The van der Waals surface area contributed by atoms with Crippen LogP contribution in [0.5, 0.6) is 0 Å². The van der Waals surface area contributed by atoms with Gasteiger partial charge in [0.2, 0.25) is 5.91 Å². The van der Waals surface area contributed by atoms with Crippen molar-refractivity contribution in [2.75, 3.05) is 6.54 Å². The van der Waals surface area contributed by atoms with Crippen molar-refractivity contribution >= 4 is 28.8 Å². The molecule has 0 unspecified atom stereocenters. The average molecular weight is 370 g/mol. The van der Waals surface area contributed by atoms with E-state index in [1.54, 1.807) is 24.3 Å². The van der Waals surface area contributed by atoms with Crippen molar-refractivity contribution in [3.63, 3.8) is 0 Å². The van der Waals surface area contributed by atoms with Crippen LogP contribution in [0.25, 0.3) is 5.52 Å². The predicted octanol–water partition coefficient (Wildman–Crippen LogP) is 3.70. The molecule has 6 heteroatoms. The molecule has 3 aromatic rings. The van der Waals surface area contributed by atoms with Gasteiger partial charge in [0.15, 0.2) is 5.78 Å². The highest BCUT2D eigenvalue weighted by atomic mass is 35.5. The Morgan fingerprint density at radius 3 is 2.73 bits per heavy atom. The van der Waals surface area contributed by atoms with Crippen LogP contribution in [0.1, 0.15) is 35.4 Å². The highest BCUT2D eigenvalue weighted by Gasteiger charge is 2.12. The van der Waals surface area contributed by atoms with Crippen LogP contribution in [0.4, 0.5) is 0 Å². The first-order valence-corrected chi connectivity index (χ1v) is 8.98. The number of aryl methyl sites for hydroxylation is 1. The van der Waals surface area contributed by atoms with Gasteiger partial charge >= 0.3 is 0 Å². The van der Waals surface area contributed by atoms with E-state index in [1.165, 1.54) is 0 Å². The Labute approximate surface area is 157 Å². The number of amides is 1. The van der Waals surface area contributed by atoms with Crippen molar-refractivity contribution in [2.24, 2.45) is 0 Å². The molecule has 0 aliphatic rings. The second-order valence-corrected chi connectivity index (χ2v) is 6.43. The molecule has 0 saturated carbocycles. The summed E-state index contributed by atoms with van der Waals surface area (Å²) >= 11 is 6.00. The Morgan fingerprint density at radius 1 is 1.08 bits per heavy atom. The Kier molecular flexibility index (Phi) is 6.02. The maximum atomic E-state index is 12.1. The largest absolute Gasteiger partial charge is 0.356 e. The number of hydrogen-bond donors (Lipinski definition) is 1. The first-order valence-electron chi connectivity index (χ1n) is 8.60. The molecule has 3 rings (SSSR count). The Hall–Kier alpha value is -2.66. The fourth-order valence-corrected chi connectivity index (χ4v) is 3.04. The zero-order valence-electron chi connectivity index (χ0n) is 14.3. The van der Waals surface area contributed by atoms with Gasteiger partial charge in [0.05, 0.1) is 16.7 Å². The average Bonchev–Trinajstić information content (AvgIpc) is 3.07. The van der Waals surface area contributed by atoms with E-state index < -0.39 is 0 Å². The standard InChI is InChI=1S/C20H20ClN3O2/c21-17-8-2-1-7-16(17)18(25)10-11-20(26)22-12-5-9-19-23-14-15-6-3-4-13-24(15)19/h1-4,6-8,13-14H,5,9-12H2,(H,22,26). The van der Waals surface area contributed by atoms with Gasteiger partial charge in [0, 0.05) is 37.6 Å². The van der Waals surface area contributed by atoms with Crippen LogP contribution in [0, 0.1) is 0 Å². The molecule has 1 aromatic carbocycles. The Bertz CT molecular complexity index is 920. The molecule has 0 aliphatic heterocycles. The van der Waals surface area contributed by atoms with E-state index in [0.29, 0.717) is 17.1 Å². The summed E-state index contributed by atoms with van der Waals surface area (Å²) in [6, 6.07) is 12.8. The van der Waals surface area contributed by atoms with Gasteiger partial charge in [-0.2, -0.15) is 0 Å². The molecule has 0 radical (unpaired) electrons. The Morgan fingerprint density at radius 2 is 1.88 bits per heavy atom. The highest BCUT2D eigenvalue weighted by Crippen LogP contribution is 2.17. The molecule has 5 nitrogen and oxygen atoms in total. The van der Waals surface area contributed by atoms with Gasteiger partial charge in [-0.3, -0.25) is 9.59 Å². The third-order valence-electron chi connectivity index (χ3n) is 4.17. The number of hydrogen-bond acceptors (Lipinski definition) is 3. The Balaban J connectivity index is 1.39. The van der Waals surface area contributed by atoms with E-state index in [0.717, 1.165) is 24.2 Å². The lowest BCUT2D eigenvalue weighted by Crippen LogP contribution is -2.25. The van der Waals surface area contributed by atoms with Crippen LogP contribution < -0.4 is 5.32 Å². The molecular weight excluding hydrogens is 350 g/mol. The summed E-state index contributed by atoms with van der Waals surface area (Å²) in [5, 5.41) is 3.27. The van der Waals surface area contributed by atoms with Gasteiger partial charge in [-0.15, -0.1) is 0 Å². The van der Waals surface area contributed by atoms with Crippen molar-refractivity contribution in [1.29, 1.82) is 0 Å². The number of nitrogens with one attached hydrogen (secondary N) is 1. The number of benzene rings is 1. The summed E-state index contributed by atoms with van der Waals surface area (Å²) in [4.78, 5) is 28.4. The van der Waals surface area contributed by atoms with Gasteiger partial charge in [-0.1, -0.05) is 29.8 Å². The molecule has 0 spiro atoms. The number of nitrogens with zero attached hydrogens (tertiary/aromatic N) is 2. The molecule has 26 heavy (non-hydrogen) atoms. The van der Waals surface area contributed by atoms with Crippen LogP contribution in [-0.2, 0) is 11.2 Å². The number of halogens is 1. The monoisotopic (exact) mass is 369 g/mol. The minimum Gasteiger partial charge on any atom is -0.356 e. The van der Waals surface area contributed by atoms with E-state index in [9.17, 15) is 9.59 Å². The second kappa shape index (κ2) is 8.63. The number of carbonyl (C=O) groups is 2. The fourth-order valence-electron chi connectivity index (χ4n) is 2.80. The third kappa shape index (κ3) is 4.49. The number of carbonyl (C=O) groups excluding carboxylic acids is 2. The maximum Gasteiger partial charge on any atom is 0.220 e. The second-order valence-electron chi connectivity index (χ2n) is 6.03. The molecule has 134 valence electrons. The molecule has 0 bridgehead atoms. The molecule has 0 saturated heterocycles. The smallest absolute Gasteiger partial charge is 0.220 e. The van der Waals surface area contributed by atoms with Crippen LogP contribution in [-0.4, -0.2) is 27.6 Å². The third-order valence-corrected chi connectivity index (χ3v) is 4.50. The van der Waals surface area contributed by atoms with Crippen LogP contribution in [0.2, 0.25) is 5.02 Å². The van der Waals surface area contributed by atoms with Crippen molar-refractivity contribution in [1.82, 2.24) is 14.7 Å². The predicted molar refractivity (Wildman–Crippen MR) is 102 cm³/mol. The lowest BCUT2D eigenvalue weighted by molar-refractivity contribution is -0.121. The van der Waals surface area contributed by atoms with Gasteiger partial charge < -0.3 is 9.72 Å². The van der Waals surface area contributed by atoms with Crippen molar-refractivity contribution < 1.29 is 9.59 Å². The number of pyridine rings is 1. The van der Waals surface area contributed by atoms with Crippen LogP contribution >= 0.6 is 11.6 Å². The minimum atomic E-state index is -0.127. The van der Waals surface area contributed by atoms with Gasteiger partial charge in [0.1, 0.15) is 5.82 Å². The number of aromatic nitrogens is 2. The summed E-state index contributed by atoms with van der Waals surface area (Å²) in [5.74, 6) is 0.733. The number of ketones is 1. The van der Waals surface area contributed by atoms with E-state index in [2.05, 4.69) is 10.3 Å². The summed E-state index contributed by atoms with van der Waals surface area (Å²) in [5.41, 5.74) is 1.53. The van der Waals surface area contributed by atoms with Gasteiger partial charge in [-0.25, -0.2) is 4.98 Å². The summed E-state index contributed by atoms with van der Waals surface area (Å²) in [6.45, 7) is 0.556. The fraction of sp³-hybridized carbons (Fsp3) is 0.250. The zero-order valence-corrected chi connectivity index (χ0v) is 15.1. The van der Waals surface area contributed by atoms with Crippen molar-refractivity contribution in [2.45, 2.75) is 25.7 Å². The van der Waals surface area contributed by atoms with E-state index >= 15 is 0 Å². The summed E-state index contributed by atoms with van der Waals surface area (Å²) in [7, 11) is 0. The SMILES string of the molecule is O=C(CCC(=O)c1ccccc1Cl)NCCCc1ncc2ccccn12. The van der Waals surface area contributed by atoms with Gasteiger partial charge in [-0.05, 0) is 30.7 Å². The summed E-state index contributed by atoms with van der Waals surface area (Å²) < 4.78 is 2.05. The molecule has 1 N–H and O–H groups in total. The minimum absolute atomic E-state index is 0.116. The van der Waals surface area contributed by atoms with E-state index in [1.807, 2.05) is 35.0 Å². The first-order chi connectivity index (χ1) is 12.6. The summed E-state index contributed by atoms with van der Waals surface area (Å²) in [6.07, 6.45) is 5.71. The lowest BCUT2D eigenvalue weighted by Gasteiger charge is -2.06. The molecule has 2 aromatic heterocycles. The maximum absolute atomic E-state index is 12.1. The molecule has 0 atom stereocenters. The topological polar surface area (TPSA) is 63.5 Å². The van der Waals surface area contributed by atoms with Crippen LogP contribution in [0.3, 0.4) is 0 Å². The molecule has 1 amide bonds. The van der Waals surface area contributed by atoms with E-state index in [-0.39, 0.29) is 24.5 Å². The lowest BCUT2D eigenvalue weighted by atomic mass is 10.1. The molecular formula is C20H20ClN3O2. The van der Waals surface area contributed by atoms with Crippen molar-refractivity contribution in [3.05, 3.63) is 71.3 Å². The number of Topliss-reactive ketones (excluding diaryl/α,β-unsaturated/α-hetero) is 1. The molecule has 0 fully saturated rings. The highest BCUT2D eigenvalue weighted by molar-refractivity contribution is 6.34. The van der Waals surface area contributed by atoms with E-state index in [4.69, 9.17) is 11.6 Å². The first kappa shape index (κ1) is 18.1. The number of rotatable bonds is 8. The molecule has 2 heterocycles. The zero-order chi connectivity index (χ0) is 18.4. The van der Waals surface area contributed by atoms with Gasteiger partial charge in [0.25, 0.3) is 0 Å². The normalized spacial score (nSPS) is 10.8. The number of imidazole rings is 1.